The van der Waals surface area contributed by atoms with E-state index in [0.29, 0.717) is 30.7 Å². The molecule has 1 aromatic carbocycles. The van der Waals surface area contributed by atoms with Crippen molar-refractivity contribution in [3.63, 3.8) is 0 Å². The van der Waals surface area contributed by atoms with Crippen LogP contribution in [-0.4, -0.2) is 32.7 Å². The van der Waals surface area contributed by atoms with E-state index in [4.69, 9.17) is 4.74 Å². The second kappa shape index (κ2) is 5.73. The van der Waals surface area contributed by atoms with Crippen molar-refractivity contribution >= 4 is 12.0 Å². The molecular weight excluding hydrogens is 271 g/mol. The van der Waals surface area contributed by atoms with Crippen LogP contribution in [0.2, 0.25) is 0 Å². The topological polar surface area (TPSA) is 29.5 Å². The molecule has 0 atom stereocenters. The summed E-state index contributed by atoms with van der Waals surface area (Å²) in [6.07, 6.45) is -3.25. The standard InChI is InChI=1S/C14H16F3NO2/c1-20-13-7-10(9-19)6-12(8-13)18-4-2-11(3-5-18)14(15,16)17/h6-9,11H,2-5H2,1H3. The van der Waals surface area contributed by atoms with E-state index in [2.05, 4.69) is 0 Å². The summed E-state index contributed by atoms with van der Waals surface area (Å²) in [5, 5.41) is 0. The lowest BCUT2D eigenvalue weighted by molar-refractivity contribution is -0.179. The molecule has 0 aromatic heterocycles. The van der Waals surface area contributed by atoms with E-state index in [1.54, 1.807) is 18.2 Å². The maximum absolute atomic E-state index is 12.6. The molecule has 1 saturated heterocycles. The van der Waals surface area contributed by atoms with Gasteiger partial charge in [0.25, 0.3) is 0 Å². The molecule has 1 aliphatic rings. The van der Waals surface area contributed by atoms with Crippen LogP contribution in [0.15, 0.2) is 18.2 Å². The largest absolute Gasteiger partial charge is 0.497 e. The number of aldehydes is 1. The SMILES string of the molecule is COc1cc(C=O)cc(N2CCC(C(F)(F)F)CC2)c1. The Kier molecular flexibility index (Phi) is 4.20. The van der Waals surface area contributed by atoms with Gasteiger partial charge in [0.2, 0.25) is 0 Å². The molecule has 0 unspecified atom stereocenters. The third-order valence-corrected chi connectivity index (χ3v) is 3.61. The van der Waals surface area contributed by atoms with E-state index in [1.165, 1.54) is 7.11 Å². The molecular formula is C14H16F3NO2. The molecule has 0 amide bonds. The Hall–Kier alpha value is -1.72. The van der Waals surface area contributed by atoms with E-state index in [1.807, 2.05) is 4.90 Å². The zero-order valence-corrected chi connectivity index (χ0v) is 11.1. The van der Waals surface area contributed by atoms with Crippen molar-refractivity contribution in [2.75, 3.05) is 25.1 Å². The average molecular weight is 287 g/mol. The van der Waals surface area contributed by atoms with Gasteiger partial charge in [0, 0.05) is 30.4 Å². The highest BCUT2D eigenvalue weighted by Crippen LogP contribution is 2.36. The van der Waals surface area contributed by atoms with Crippen molar-refractivity contribution in [2.24, 2.45) is 5.92 Å². The minimum atomic E-state index is -4.12. The third kappa shape index (κ3) is 3.23. The molecule has 110 valence electrons. The van der Waals surface area contributed by atoms with Crippen molar-refractivity contribution in [1.82, 2.24) is 0 Å². The highest BCUT2D eigenvalue weighted by Gasteiger charge is 2.41. The fourth-order valence-corrected chi connectivity index (χ4v) is 2.44. The van der Waals surface area contributed by atoms with Crippen LogP contribution >= 0.6 is 0 Å². The summed E-state index contributed by atoms with van der Waals surface area (Å²) in [4.78, 5) is 12.7. The van der Waals surface area contributed by atoms with Gasteiger partial charge < -0.3 is 9.64 Å². The number of benzene rings is 1. The summed E-state index contributed by atoms with van der Waals surface area (Å²) < 4.78 is 43.0. The lowest BCUT2D eigenvalue weighted by atomic mass is 9.96. The first-order chi connectivity index (χ1) is 9.44. The molecule has 6 heteroatoms. The molecule has 0 N–H and O–H groups in total. The summed E-state index contributed by atoms with van der Waals surface area (Å²) in [6, 6.07) is 5.00. The Morgan fingerprint density at radius 1 is 1.25 bits per heavy atom. The molecule has 0 saturated carbocycles. The fourth-order valence-electron chi connectivity index (χ4n) is 2.44. The summed E-state index contributed by atoms with van der Waals surface area (Å²) in [5.41, 5.74) is 1.18. The minimum Gasteiger partial charge on any atom is -0.497 e. The Balaban J connectivity index is 2.12. The van der Waals surface area contributed by atoms with Crippen LogP contribution in [0.1, 0.15) is 23.2 Å². The maximum Gasteiger partial charge on any atom is 0.391 e. The Labute approximate surface area is 115 Å². The van der Waals surface area contributed by atoms with Crippen LogP contribution < -0.4 is 9.64 Å². The number of methoxy groups -OCH3 is 1. The predicted molar refractivity (Wildman–Crippen MR) is 69.4 cm³/mol. The quantitative estimate of drug-likeness (QED) is 0.799. The van der Waals surface area contributed by atoms with E-state index >= 15 is 0 Å². The summed E-state index contributed by atoms with van der Waals surface area (Å²) >= 11 is 0. The summed E-state index contributed by atoms with van der Waals surface area (Å²) in [5.74, 6) is -0.697. The van der Waals surface area contributed by atoms with Crippen LogP contribution in [0, 0.1) is 5.92 Å². The number of hydrogen-bond donors (Lipinski definition) is 0. The smallest absolute Gasteiger partial charge is 0.391 e. The summed E-state index contributed by atoms with van der Waals surface area (Å²) in [7, 11) is 1.49. The number of carbonyl (C=O) groups excluding carboxylic acids is 1. The zero-order valence-electron chi connectivity index (χ0n) is 11.1. The van der Waals surface area contributed by atoms with Gasteiger partial charge in [-0.3, -0.25) is 4.79 Å². The van der Waals surface area contributed by atoms with Crippen molar-refractivity contribution in [3.05, 3.63) is 23.8 Å². The molecule has 20 heavy (non-hydrogen) atoms. The number of rotatable bonds is 3. The summed E-state index contributed by atoms with van der Waals surface area (Å²) in [6.45, 7) is 0.658. The molecule has 1 heterocycles. The van der Waals surface area contributed by atoms with Crippen LogP contribution in [0.25, 0.3) is 0 Å². The van der Waals surface area contributed by atoms with E-state index in [0.717, 1.165) is 5.69 Å². The lowest BCUT2D eigenvalue weighted by Gasteiger charge is -2.34. The first kappa shape index (κ1) is 14.7. The second-order valence-corrected chi connectivity index (χ2v) is 4.89. The van der Waals surface area contributed by atoms with Gasteiger partial charge >= 0.3 is 6.18 Å². The zero-order chi connectivity index (χ0) is 14.8. The number of piperidine rings is 1. The molecule has 1 aliphatic heterocycles. The van der Waals surface area contributed by atoms with Crippen molar-refractivity contribution < 1.29 is 22.7 Å². The number of hydrogen-bond acceptors (Lipinski definition) is 3. The van der Waals surface area contributed by atoms with Crippen LogP contribution in [-0.2, 0) is 0 Å². The first-order valence-corrected chi connectivity index (χ1v) is 6.40. The molecule has 1 aromatic rings. The third-order valence-electron chi connectivity index (χ3n) is 3.61. The Morgan fingerprint density at radius 2 is 1.90 bits per heavy atom. The minimum absolute atomic E-state index is 0.0805. The molecule has 2 rings (SSSR count). The molecule has 0 bridgehead atoms. The Morgan fingerprint density at radius 3 is 2.40 bits per heavy atom. The first-order valence-electron chi connectivity index (χ1n) is 6.40. The predicted octanol–water partition coefficient (Wildman–Crippen LogP) is 3.29. The highest BCUT2D eigenvalue weighted by molar-refractivity contribution is 5.78. The number of anilines is 1. The normalized spacial score (nSPS) is 17.1. The van der Waals surface area contributed by atoms with Gasteiger partial charge in [0.15, 0.2) is 0 Å². The van der Waals surface area contributed by atoms with E-state index < -0.39 is 12.1 Å². The number of ether oxygens (including phenoxy) is 1. The molecule has 3 nitrogen and oxygen atoms in total. The van der Waals surface area contributed by atoms with Gasteiger partial charge in [-0.1, -0.05) is 0 Å². The molecule has 0 spiro atoms. The molecule has 1 fully saturated rings. The van der Waals surface area contributed by atoms with Crippen molar-refractivity contribution in [1.29, 1.82) is 0 Å². The van der Waals surface area contributed by atoms with Crippen molar-refractivity contribution in [2.45, 2.75) is 19.0 Å². The maximum atomic E-state index is 12.6. The number of nitrogens with zero attached hydrogens (tertiary/aromatic N) is 1. The van der Waals surface area contributed by atoms with Gasteiger partial charge in [-0.05, 0) is 25.0 Å². The van der Waals surface area contributed by atoms with Gasteiger partial charge in [-0.25, -0.2) is 0 Å². The van der Waals surface area contributed by atoms with Crippen LogP contribution in [0.3, 0.4) is 0 Å². The van der Waals surface area contributed by atoms with Crippen molar-refractivity contribution in [3.8, 4) is 5.75 Å². The van der Waals surface area contributed by atoms with Gasteiger partial charge in [0.1, 0.15) is 12.0 Å². The van der Waals surface area contributed by atoms with E-state index in [9.17, 15) is 18.0 Å². The van der Waals surface area contributed by atoms with Gasteiger partial charge in [-0.15, -0.1) is 0 Å². The number of alkyl halides is 3. The fraction of sp³-hybridized carbons (Fsp3) is 0.500. The molecule has 0 radical (unpaired) electrons. The Bertz CT molecular complexity index is 480. The van der Waals surface area contributed by atoms with Gasteiger partial charge in [0.05, 0.1) is 13.0 Å². The second-order valence-electron chi connectivity index (χ2n) is 4.89. The van der Waals surface area contributed by atoms with E-state index in [-0.39, 0.29) is 12.8 Å². The van der Waals surface area contributed by atoms with Gasteiger partial charge in [-0.2, -0.15) is 13.2 Å². The lowest BCUT2D eigenvalue weighted by Crippen LogP contribution is -2.39. The van der Waals surface area contributed by atoms with Crippen LogP contribution in [0.5, 0.6) is 5.75 Å². The molecule has 0 aliphatic carbocycles. The number of carbonyl (C=O) groups is 1. The number of halogens is 3. The monoisotopic (exact) mass is 287 g/mol. The highest BCUT2D eigenvalue weighted by atomic mass is 19.4. The average Bonchev–Trinajstić information content (AvgIpc) is 2.46. The van der Waals surface area contributed by atoms with Crippen LogP contribution in [0.4, 0.5) is 18.9 Å².